The molecule has 1 aromatic heterocycles. The average Bonchev–Trinajstić information content (AvgIpc) is 2.27. The zero-order valence-corrected chi connectivity index (χ0v) is 11.6. The molecule has 94 valence electrons. The van der Waals surface area contributed by atoms with Crippen LogP contribution in [0.5, 0.6) is 0 Å². The molecule has 0 saturated carbocycles. The van der Waals surface area contributed by atoms with E-state index in [0.29, 0.717) is 5.15 Å². The van der Waals surface area contributed by atoms with Gasteiger partial charge in [-0.05, 0) is 38.5 Å². The Morgan fingerprint density at radius 3 is 2.39 bits per heavy atom. The Hall–Kier alpha value is -1.54. The van der Waals surface area contributed by atoms with E-state index in [9.17, 15) is 0 Å². The van der Waals surface area contributed by atoms with Gasteiger partial charge in [0.25, 0.3) is 0 Å². The number of hydrogen-bond donors (Lipinski definition) is 1. The summed E-state index contributed by atoms with van der Waals surface area (Å²) in [5, 5.41) is 3.86. The lowest BCUT2D eigenvalue weighted by molar-refractivity contribution is 0.871. The maximum atomic E-state index is 5.87. The molecule has 2 nitrogen and oxygen atoms in total. The number of nitrogens with zero attached hydrogens (tertiary/aromatic N) is 1. The highest BCUT2D eigenvalue weighted by Crippen LogP contribution is 2.21. The van der Waals surface area contributed by atoms with Crippen LogP contribution in [-0.2, 0) is 0 Å². The zero-order chi connectivity index (χ0) is 13.1. The minimum absolute atomic E-state index is 0.203. The molecule has 1 unspecified atom stereocenters. The van der Waals surface area contributed by atoms with Crippen LogP contribution in [0.2, 0.25) is 5.15 Å². The van der Waals surface area contributed by atoms with Gasteiger partial charge in [0.1, 0.15) is 11.0 Å². The van der Waals surface area contributed by atoms with E-state index in [1.807, 2.05) is 12.1 Å². The quantitative estimate of drug-likeness (QED) is 0.821. The molecule has 0 radical (unpaired) electrons. The lowest BCUT2D eigenvalue weighted by Gasteiger charge is -2.16. The fraction of sp³-hybridized carbons (Fsp3) is 0.267. The van der Waals surface area contributed by atoms with Gasteiger partial charge in [0.15, 0.2) is 0 Å². The average molecular weight is 261 g/mol. The number of aromatic nitrogens is 1. The smallest absolute Gasteiger partial charge is 0.131 e. The van der Waals surface area contributed by atoms with E-state index in [1.165, 1.54) is 16.7 Å². The van der Waals surface area contributed by atoms with Crippen molar-refractivity contribution in [2.24, 2.45) is 0 Å². The first-order valence-electron chi connectivity index (χ1n) is 6.02. The highest BCUT2D eigenvalue weighted by Gasteiger charge is 2.07. The summed E-state index contributed by atoms with van der Waals surface area (Å²) in [4.78, 5) is 4.24. The van der Waals surface area contributed by atoms with Crippen molar-refractivity contribution in [3.05, 3.63) is 58.2 Å². The molecule has 0 bridgehead atoms. The molecule has 1 heterocycles. The number of pyridine rings is 1. The lowest BCUT2D eigenvalue weighted by atomic mass is 10.0. The van der Waals surface area contributed by atoms with Crippen molar-refractivity contribution in [1.29, 1.82) is 0 Å². The summed E-state index contributed by atoms with van der Waals surface area (Å²) in [5.74, 6) is 0.800. The van der Waals surface area contributed by atoms with Crippen LogP contribution in [0.25, 0.3) is 0 Å². The van der Waals surface area contributed by atoms with Crippen LogP contribution in [0, 0.1) is 13.8 Å². The molecule has 0 aliphatic carbocycles. The van der Waals surface area contributed by atoms with Crippen molar-refractivity contribution in [2.75, 3.05) is 5.32 Å². The zero-order valence-electron chi connectivity index (χ0n) is 10.9. The molecule has 0 aliphatic heterocycles. The van der Waals surface area contributed by atoms with E-state index in [0.717, 1.165) is 5.82 Å². The van der Waals surface area contributed by atoms with Gasteiger partial charge in [0, 0.05) is 6.04 Å². The molecule has 2 rings (SSSR count). The number of hydrogen-bond acceptors (Lipinski definition) is 2. The molecule has 3 heteroatoms. The van der Waals surface area contributed by atoms with Crippen LogP contribution >= 0.6 is 11.6 Å². The summed E-state index contributed by atoms with van der Waals surface area (Å²) in [6, 6.07) is 12.3. The fourth-order valence-electron chi connectivity index (χ4n) is 2.05. The second kappa shape index (κ2) is 5.40. The Morgan fingerprint density at radius 2 is 1.78 bits per heavy atom. The second-order valence-electron chi connectivity index (χ2n) is 4.63. The van der Waals surface area contributed by atoms with Gasteiger partial charge >= 0.3 is 0 Å². The molecular formula is C15H17ClN2. The van der Waals surface area contributed by atoms with Gasteiger partial charge in [0.2, 0.25) is 0 Å². The normalized spacial score (nSPS) is 12.2. The van der Waals surface area contributed by atoms with Crippen molar-refractivity contribution in [3.63, 3.8) is 0 Å². The minimum Gasteiger partial charge on any atom is -0.364 e. The van der Waals surface area contributed by atoms with Crippen LogP contribution in [0.1, 0.15) is 29.7 Å². The molecule has 0 saturated heterocycles. The van der Waals surface area contributed by atoms with E-state index < -0.39 is 0 Å². The number of aryl methyl sites for hydroxylation is 2. The SMILES string of the molecule is Cc1cc(C)cc(C(C)Nc2cccc(Cl)n2)c1. The highest BCUT2D eigenvalue weighted by atomic mass is 35.5. The largest absolute Gasteiger partial charge is 0.364 e. The van der Waals surface area contributed by atoms with E-state index >= 15 is 0 Å². The number of benzene rings is 1. The first-order chi connectivity index (χ1) is 8.54. The summed E-state index contributed by atoms with van der Waals surface area (Å²) in [5.41, 5.74) is 3.81. The third-order valence-electron chi connectivity index (χ3n) is 2.82. The number of anilines is 1. The Labute approximate surface area is 113 Å². The Morgan fingerprint density at radius 1 is 1.11 bits per heavy atom. The molecule has 2 aromatic rings. The van der Waals surface area contributed by atoms with Gasteiger partial charge in [-0.25, -0.2) is 4.98 Å². The van der Waals surface area contributed by atoms with Crippen molar-refractivity contribution in [1.82, 2.24) is 4.98 Å². The minimum atomic E-state index is 0.203. The Balaban J connectivity index is 2.19. The maximum Gasteiger partial charge on any atom is 0.131 e. The van der Waals surface area contributed by atoms with Crippen LogP contribution in [0.4, 0.5) is 5.82 Å². The van der Waals surface area contributed by atoms with Gasteiger partial charge in [-0.1, -0.05) is 47.0 Å². The van der Waals surface area contributed by atoms with Crippen LogP contribution in [0.3, 0.4) is 0 Å². The van der Waals surface area contributed by atoms with Crippen LogP contribution in [-0.4, -0.2) is 4.98 Å². The monoisotopic (exact) mass is 260 g/mol. The van der Waals surface area contributed by atoms with Crippen molar-refractivity contribution in [2.45, 2.75) is 26.8 Å². The highest BCUT2D eigenvalue weighted by molar-refractivity contribution is 6.29. The third-order valence-corrected chi connectivity index (χ3v) is 3.03. The standard InChI is InChI=1S/C15H17ClN2/c1-10-7-11(2)9-13(8-10)12(3)17-15-6-4-5-14(16)18-15/h4-9,12H,1-3H3,(H,17,18). The maximum absolute atomic E-state index is 5.87. The summed E-state index contributed by atoms with van der Waals surface area (Å²) in [6.07, 6.45) is 0. The molecule has 1 aromatic carbocycles. The Bertz CT molecular complexity index is 532. The summed E-state index contributed by atoms with van der Waals surface area (Å²) < 4.78 is 0. The molecule has 0 amide bonds. The molecule has 0 fully saturated rings. The lowest BCUT2D eigenvalue weighted by Crippen LogP contribution is -2.08. The Kier molecular flexibility index (Phi) is 3.87. The van der Waals surface area contributed by atoms with E-state index in [-0.39, 0.29) is 6.04 Å². The van der Waals surface area contributed by atoms with Gasteiger partial charge in [0.05, 0.1) is 0 Å². The molecule has 0 spiro atoms. The number of rotatable bonds is 3. The van der Waals surface area contributed by atoms with E-state index in [1.54, 1.807) is 6.07 Å². The molecule has 0 aliphatic rings. The summed E-state index contributed by atoms with van der Waals surface area (Å²) in [7, 11) is 0. The van der Waals surface area contributed by atoms with Gasteiger partial charge in [-0.3, -0.25) is 0 Å². The van der Waals surface area contributed by atoms with Gasteiger partial charge in [-0.2, -0.15) is 0 Å². The topological polar surface area (TPSA) is 24.9 Å². The van der Waals surface area contributed by atoms with Gasteiger partial charge in [-0.15, -0.1) is 0 Å². The van der Waals surface area contributed by atoms with Crippen LogP contribution < -0.4 is 5.32 Å². The van der Waals surface area contributed by atoms with E-state index in [2.05, 4.69) is 49.3 Å². The second-order valence-corrected chi connectivity index (χ2v) is 5.02. The van der Waals surface area contributed by atoms with Crippen molar-refractivity contribution >= 4 is 17.4 Å². The van der Waals surface area contributed by atoms with Crippen molar-refractivity contribution < 1.29 is 0 Å². The predicted molar refractivity (Wildman–Crippen MR) is 77.2 cm³/mol. The molecule has 1 atom stereocenters. The molecule has 18 heavy (non-hydrogen) atoms. The summed E-state index contributed by atoms with van der Waals surface area (Å²) >= 11 is 5.87. The molecule has 1 N–H and O–H groups in total. The molecular weight excluding hydrogens is 244 g/mol. The first-order valence-corrected chi connectivity index (χ1v) is 6.39. The summed E-state index contributed by atoms with van der Waals surface area (Å²) in [6.45, 7) is 6.35. The fourth-order valence-corrected chi connectivity index (χ4v) is 2.22. The predicted octanol–water partition coefficient (Wildman–Crippen LogP) is 4.52. The number of halogens is 1. The first kappa shape index (κ1) is 12.9. The van der Waals surface area contributed by atoms with Crippen molar-refractivity contribution in [3.8, 4) is 0 Å². The third kappa shape index (κ3) is 3.23. The van der Waals surface area contributed by atoms with Gasteiger partial charge < -0.3 is 5.32 Å². The number of nitrogens with one attached hydrogen (secondary N) is 1. The van der Waals surface area contributed by atoms with E-state index in [4.69, 9.17) is 11.6 Å². The van der Waals surface area contributed by atoms with Crippen LogP contribution in [0.15, 0.2) is 36.4 Å².